The number of hydrogen-bond donors (Lipinski definition) is 2. The third-order valence-corrected chi connectivity index (χ3v) is 4.85. The second-order valence-electron chi connectivity index (χ2n) is 5.55. The molecular formula is C15H16N4O2S. The van der Waals surface area contributed by atoms with Crippen molar-refractivity contribution in [3.63, 3.8) is 0 Å². The third kappa shape index (κ3) is 2.76. The Hall–Kier alpha value is -2.15. The van der Waals surface area contributed by atoms with Crippen LogP contribution < -0.4 is 15.4 Å². The summed E-state index contributed by atoms with van der Waals surface area (Å²) in [6.45, 7) is 0.604. The molecule has 1 aromatic carbocycles. The number of anilines is 1. The molecule has 0 saturated heterocycles. The zero-order valence-electron chi connectivity index (χ0n) is 11.9. The first-order valence-corrected chi connectivity index (χ1v) is 8.24. The van der Waals surface area contributed by atoms with Crippen molar-refractivity contribution in [2.45, 2.75) is 31.2 Å². The zero-order chi connectivity index (χ0) is 14.9. The van der Waals surface area contributed by atoms with E-state index in [1.165, 1.54) is 24.2 Å². The number of para-hydroxylation sites is 1. The Kier molecular flexibility index (Phi) is 3.42. The lowest BCUT2D eigenvalue weighted by molar-refractivity contribution is 0.232. The quantitative estimate of drug-likeness (QED) is 0.912. The normalized spacial score (nSPS) is 19.9. The minimum atomic E-state index is -0.250. The number of amides is 2. The Balaban J connectivity index is 1.41. The third-order valence-electron chi connectivity index (χ3n) is 3.85. The first-order valence-electron chi connectivity index (χ1n) is 7.42. The molecule has 1 fully saturated rings. The van der Waals surface area contributed by atoms with Gasteiger partial charge in [-0.1, -0.05) is 29.5 Å². The van der Waals surface area contributed by atoms with E-state index in [1.54, 1.807) is 0 Å². The number of nitrogens with zero attached hydrogens (tertiary/aromatic N) is 2. The Morgan fingerprint density at radius 3 is 2.95 bits per heavy atom. The highest BCUT2D eigenvalue weighted by Gasteiger charge is 2.28. The van der Waals surface area contributed by atoms with E-state index in [0.717, 1.165) is 22.7 Å². The van der Waals surface area contributed by atoms with Crippen molar-refractivity contribution in [3.8, 4) is 5.75 Å². The lowest BCUT2D eigenvalue weighted by atomic mass is 10.0. The van der Waals surface area contributed by atoms with Gasteiger partial charge in [-0.2, -0.15) is 0 Å². The van der Waals surface area contributed by atoms with Gasteiger partial charge in [0.25, 0.3) is 0 Å². The maximum Gasteiger partial charge on any atom is 0.321 e. The summed E-state index contributed by atoms with van der Waals surface area (Å²) in [5.74, 6) is 1.39. The summed E-state index contributed by atoms with van der Waals surface area (Å²) in [5, 5.41) is 15.5. The number of ether oxygens (including phenoxy) is 1. The highest BCUT2D eigenvalue weighted by atomic mass is 32.1. The van der Waals surface area contributed by atoms with Crippen LogP contribution >= 0.6 is 11.3 Å². The Bertz CT molecular complexity index is 698. The van der Waals surface area contributed by atoms with Gasteiger partial charge in [-0.05, 0) is 18.9 Å². The summed E-state index contributed by atoms with van der Waals surface area (Å²) < 4.78 is 5.60. The molecule has 0 spiro atoms. The van der Waals surface area contributed by atoms with E-state index in [4.69, 9.17) is 4.74 Å². The summed E-state index contributed by atoms with van der Waals surface area (Å²) in [7, 11) is 0. The van der Waals surface area contributed by atoms with Crippen LogP contribution in [0.1, 0.15) is 41.8 Å². The molecule has 0 radical (unpaired) electrons. The summed E-state index contributed by atoms with van der Waals surface area (Å²) >= 11 is 1.46. The molecule has 6 nitrogen and oxygen atoms in total. The highest BCUT2D eigenvalue weighted by molar-refractivity contribution is 7.15. The number of hydrogen-bond acceptors (Lipinski definition) is 5. The average molecular weight is 316 g/mol. The van der Waals surface area contributed by atoms with E-state index in [2.05, 4.69) is 20.8 Å². The monoisotopic (exact) mass is 316 g/mol. The molecule has 7 heteroatoms. The second-order valence-corrected chi connectivity index (χ2v) is 6.55. The van der Waals surface area contributed by atoms with Crippen molar-refractivity contribution in [2.75, 3.05) is 11.9 Å². The fourth-order valence-corrected chi connectivity index (χ4v) is 3.47. The molecule has 2 N–H and O–H groups in total. The minimum absolute atomic E-state index is 0.0410. The number of rotatable bonds is 3. The van der Waals surface area contributed by atoms with Gasteiger partial charge in [-0.3, -0.25) is 5.32 Å². The maximum atomic E-state index is 12.2. The lowest BCUT2D eigenvalue weighted by Crippen LogP contribution is -2.35. The van der Waals surface area contributed by atoms with Crippen LogP contribution in [0.3, 0.4) is 0 Å². The average Bonchev–Trinajstić information content (AvgIpc) is 3.28. The molecule has 1 aliphatic carbocycles. The first-order chi connectivity index (χ1) is 10.8. The van der Waals surface area contributed by atoms with Crippen LogP contribution in [0.2, 0.25) is 0 Å². The predicted molar refractivity (Wildman–Crippen MR) is 83.3 cm³/mol. The van der Waals surface area contributed by atoms with Gasteiger partial charge < -0.3 is 10.1 Å². The van der Waals surface area contributed by atoms with Crippen LogP contribution in [0.4, 0.5) is 9.93 Å². The van der Waals surface area contributed by atoms with Crippen molar-refractivity contribution < 1.29 is 9.53 Å². The number of fused-ring (bicyclic) bond motifs is 1. The van der Waals surface area contributed by atoms with Crippen LogP contribution in [0.15, 0.2) is 24.3 Å². The molecule has 2 heterocycles. The number of carbonyl (C=O) groups excluding carboxylic acids is 1. The lowest BCUT2D eigenvalue weighted by Gasteiger charge is -2.26. The van der Waals surface area contributed by atoms with Crippen LogP contribution in [-0.2, 0) is 0 Å². The maximum absolute atomic E-state index is 12.2. The van der Waals surface area contributed by atoms with Crippen molar-refractivity contribution in [3.05, 3.63) is 34.8 Å². The topological polar surface area (TPSA) is 76.1 Å². The second kappa shape index (κ2) is 5.57. The van der Waals surface area contributed by atoms with Crippen LogP contribution in [0.5, 0.6) is 5.75 Å². The molecular weight excluding hydrogens is 300 g/mol. The minimum Gasteiger partial charge on any atom is -0.493 e. The van der Waals surface area contributed by atoms with Crippen LogP contribution in [0.25, 0.3) is 0 Å². The molecule has 4 rings (SSSR count). The van der Waals surface area contributed by atoms with E-state index in [9.17, 15) is 4.79 Å². The number of benzene rings is 1. The molecule has 1 atom stereocenters. The Labute approximate surface area is 131 Å². The van der Waals surface area contributed by atoms with Gasteiger partial charge in [0.1, 0.15) is 10.8 Å². The van der Waals surface area contributed by atoms with Crippen molar-refractivity contribution >= 4 is 22.5 Å². The number of aromatic nitrogens is 2. The molecule has 2 amide bonds. The molecule has 114 valence electrons. The fourth-order valence-electron chi connectivity index (χ4n) is 2.56. The first kappa shape index (κ1) is 13.5. The Morgan fingerprint density at radius 2 is 2.09 bits per heavy atom. The SMILES string of the molecule is O=C(Nc1nnc(C2CC2)s1)N[C@H]1CCOc2ccccc21. The molecule has 1 saturated carbocycles. The van der Waals surface area contributed by atoms with E-state index >= 15 is 0 Å². The highest BCUT2D eigenvalue weighted by Crippen LogP contribution is 2.42. The van der Waals surface area contributed by atoms with Gasteiger partial charge in [0.05, 0.1) is 12.6 Å². The summed E-state index contributed by atoms with van der Waals surface area (Å²) in [6, 6.07) is 7.50. The fraction of sp³-hybridized carbons (Fsp3) is 0.400. The molecule has 2 aliphatic rings. The van der Waals surface area contributed by atoms with Gasteiger partial charge in [0.2, 0.25) is 5.13 Å². The van der Waals surface area contributed by atoms with Gasteiger partial charge in [0.15, 0.2) is 0 Å². The van der Waals surface area contributed by atoms with Crippen molar-refractivity contribution in [1.29, 1.82) is 0 Å². The molecule has 1 aromatic heterocycles. The molecule has 2 aromatic rings. The van der Waals surface area contributed by atoms with Crippen molar-refractivity contribution in [2.24, 2.45) is 0 Å². The number of urea groups is 1. The Morgan fingerprint density at radius 1 is 1.23 bits per heavy atom. The predicted octanol–water partition coefficient (Wildman–Crippen LogP) is 3.06. The number of carbonyl (C=O) groups is 1. The van der Waals surface area contributed by atoms with Crippen LogP contribution in [-0.4, -0.2) is 22.8 Å². The van der Waals surface area contributed by atoms with E-state index < -0.39 is 0 Å². The van der Waals surface area contributed by atoms with Gasteiger partial charge in [-0.15, -0.1) is 10.2 Å². The van der Waals surface area contributed by atoms with E-state index in [-0.39, 0.29) is 12.1 Å². The zero-order valence-corrected chi connectivity index (χ0v) is 12.7. The molecule has 22 heavy (non-hydrogen) atoms. The van der Waals surface area contributed by atoms with E-state index in [1.807, 2.05) is 24.3 Å². The number of nitrogens with one attached hydrogen (secondary N) is 2. The smallest absolute Gasteiger partial charge is 0.321 e. The van der Waals surface area contributed by atoms with E-state index in [0.29, 0.717) is 17.7 Å². The van der Waals surface area contributed by atoms with Gasteiger partial charge >= 0.3 is 6.03 Å². The standard InChI is InChI=1S/C15H16N4O2S/c20-14(17-15-19-18-13(22-15)9-5-6-9)16-11-7-8-21-12-4-2-1-3-10(11)12/h1-4,9,11H,5-8H2,(H2,16,17,19,20)/t11-/m0/s1. The largest absolute Gasteiger partial charge is 0.493 e. The summed E-state index contributed by atoms with van der Waals surface area (Å²) in [6.07, 6.45) is 3.12. The van der Waals surface area contributed by atoms with Crippen LogP contribution in [0, 0.1) is 0 Å². The van der Waals surface area contributed by atoms with Crippen molar-refractivity contribution in [1.82, 2.24) is 15.5 Å². The molecule has 1 aliphatic heterocycles. The summed E-state index contributed by atoms with van der Waals surface area (Å²) in [5.41, 5.74) is 1.01. The molecule has 0 unspecified atom stereocenters. The van der Waals surface area contributed by atoms with Gasteiger partial charge in [-0.25, -0.2) is 4.79 Å². The van der Waals surface area contributed by atoms with Gasteiger partial charge in [0, 0.05) is 17.9 Å². The summed E-state index contributed by atoms with van der Waals surface area (Å²) in [4.78, 5) is 12.2. The molecule has 0 bridgehead atoms.